The highest BCUT2D eigenvalue weighted by Gasteiger charge is 2.58. The predicted octanol–water partition coefficient (Wildman–Crippen LogP) is 1.30. The van der Waals surface area contributed by atoms with Gasteiger partial charge in [0, 0.05) is 45.9 Å². The number of rotatable bonds is 11. The van der Waals surface area contributed by atoms with Crippen LogP contribution in [0.1, 0.15) is 41.0 Å². The fourth-order valence-electron chi connectivity index (χ4n) is 4.18. The van der Waals surface area contributed by atoms with E-state index in [1.807, 2.05) is 0 Å². The van der Waals surface area contributed by atoms with Crippen molar-refractivity contribution in [2.75, 3.05) is 13.7 Å². The Balaban J connectivity index is 2.76. The topological polar surface area (TPSA) is 170 Å². The molecular weight excluding hydrogens is 550 g/mol. The normalized spacial score (nSPS) is 23.5. The maximum atomic E-state index is 13.3. The number of benzene rings is 1. The van der Waals surface area contributed by atoms with Crippen LogP contribution in [0.3, 0.4) is 0 Å². The first-order chi connectivity index (χ1) is 18.8. The molecule has 1 aliphatic rings. The van der Waals surface area contributed by atoms with Crippen LogP contribution in [0.25, 0.3) is 0 Å². The first kappa shape index (κ1) is 32.6. The number of hydrogen-bond acceptors (Lipinski definition) is 13. The van der Waals surface area contributed by atoms with Crippen LogP contribution < -0.4 is 5.32 Å². The number of carbonyl (C=O) groups is 6. The second kappa shape index (κ2) is 14.7. The van der Waals surface area contributed by atoms with Crippen molar-refractivity contribution in [1.29, 1.82) is 0 Å². The monoisotopic (exact) mass is 583 g/mol. The van der Waals surface area contributed by atoms with Crippen molar-refractivity contribution in [3.8, 4) is 0 Å². The average molecular weight is 584 g/mol. The average Bonchev–Trinajstić information content (AvgIpc) is 2.85. The summed E-state index contributed by atoms with van der Waals surface area (Å²) < 4.78 is 32.9. The number of methoxy groups -OCH3 is 1. The summed E-state index contributed by atoms with van der Waals surface area (Å²) in [5, 5.41) is 2.63. The van der Waals surface area contributed by atoms with Gasteiger partial charge >= 0.3 is 29.8 Å². The van der Waals surface area contributed by atoms with E-state index in [1.54, 1.807) is 30.3 Å². The summed E-state index contributed by atoms with van der Waals surface area (Å²) in [5.41, 5.74) is 0. The van der Waals surface area contributed by atoms with E-state index in [4.69, 9.17) is 28.4 Å². The van der Waals surface area contributed by atoms with Crippen molar-refractivity contribution in [3.05, 3.63) is 30.3 Å². The summed E-state index contributed by atoms with van der Waals surface area (Å²) in [6, 6.07) is 7.43. The number of thioether (sulfide) groups is 1. The first-order valence-electron chi connectivity index (χ1n) is 12.2. The summed E-state index contributed by atoms with van der Waals surface area (Å²) in [6.45, 7) is 5.07. The molecule has 13 nitrogen and oxygen atoms in total. The Morgan fingerprint density at radius 3 is 2.08 bits per heavy atom. The van der Waals surface area contributed by atoms with E-state index in [1.165, 1.54) is 6.92 Å². The SMILES string of the molecule is COC(=O)[C@@]1(Sc2ccccc2)C[C@H](OC(C)=O)[C@@H](NC(C)=O)[C@H]([C@H](OC(C)=O)[C@@H](COC(C)=O)OC(C)=O)O1. The third-order valence-corrected chi connectivity index (χ3v) is 6.79. The van der Waals surface area contributed by atoms with E-state index < -0.39 is 77.8 Å². The van der Waals surface area contributed by atoms with Gasteiger partial charge in [0.2, 0.25) is 10.8 Å². The minimum Gasteiger partial charge on any atom is -0.466 e. The Morgan fingerprint density at radius 1 is 0.950 bits per heavy atom. The fourth-order valence-corrected chi connectivity index (χ4v) is 5.43. The molecule has 0 radical (unpaired) electrons. The molecule has 2 rings (SSSR count). The van der Waals surface area contributed by atoms with Crippen molar-refractivity contribution in [3.63, 3.8) is 0 Å². The van der Waals surface area contributed by atoms with E-state index in [0.29, 0.717) is 4.90 Å². The van der Waals surface area contributed by atoms with Gasteiger partial charge in [-0.3, -0.25) is 24.0 Å². The highest BCUT2D eigenvalue weighted by Crippen LogP contribution is 2.45. The highest BCUT2D eigenvalue weighted by atomic mass is 32.2. The summed E-state index contributed by atoms with van der Waals surface area (Å²) >= 11 is 0.946. The van der Waals surface area contributed by atoms with E-state index >= 15 is 0 Å². The van der Waals surface area contributed by atoms with Gasteiger partial charge in [-0.15, -0.1) is 0 Å². The van der Waals surface area contributed by atoms with Crippen molar-refractivity contribution < 1.29 is 57.2 Å². The van der Waals surface area contributed by atoms with Crippen LogP contribution in [0.5, 0.6) is 0 Å². The largest absolute Gasteiger partial charge is 0.466 e. The van der Waals surface area contributed by atoms with E-state index in [9.17, 15) is 28.8 Å². The lowest BCUT2D eigenvalue weighted by molar-refractivity contribution is -0.224. The van der Waals surface area contributed by atoms with E-state index in [0.717, 1.165) is 46.6 Å². The second-order valence-electron chi connectivity index (χ2n) is 8.84. The molecule has 14 heteroatoms. The van der Waals surface area contributed by atoms with Crippen LogP contribution in [0.15, 0.2) is 35.2 Å². The quantitative estimate of drug-likeness (QED) is 0.292. The summed E-state index contributed by atoms with van der Waals surface area (Å²) in [5.74, 6) is -4.54. The summed E-state index contributed by atoms with van der Waals surface area (Å²) in [4.78, 5) is 72.3. The molecule has 0 unspecified atom stereocenters. The molecule has 0 aliphatic carbocycles. The second-order valence-corrected chi connectivity index (χ2v) is 10.2. The first-order valence-corrected chi connectivity index (χ1v) is 13.0. The zero-order valence-electron chi connectivity index (χ0n) is 23.0. The lowest BCUT2D eigenvalue weighted by Gasteiger charge is -2.48. The Labute approximate surface area is 235 Å². The Hall–Kier alpha value is -3.65. The molecule has 0 spiro atoms. The molecule has 1 aromatic carbocycles. The fraction of sp³-hybridized carbons (Fsp3) is 0.538. The molecule has 40 heavy (non-hydrogen) atoms. The number of hydrogen-bond donors (Lipinski definition) is 1. The number of carbonyl (C=O) groups excluding carboxylic acids is 6. The molecule has 1 heterocycles. The minimum absolute atomic E-state index is 0.283. The van der Waals surface area contributed by atoms with Crippen LogP contribution in [-0.4, -0.2) is 84.9 Å². The lowest BCUT2D eigenvalue weighted by atomic mass is 9.89. The van der Waals surface area contributed by atoms with Gasteiger partial charge in [-0.1, -0.05) is 30.0 Å². The van der Waals surface area contributed by atoms with Gasteiger partial charge in [0.05, 0.1) is 13.2 Å². The molecule has 0 bridgehead atoms. The van der Waals surface area contributed by atoms with Gasteiger partial charge in [0.1, 0.15) is 18.8 Å². The Morgan fingerprint density at radius 2 is 1.57 bits per heavy atom. The van der Waals surface area contributed by atoms with Crippen LogP contribution in [0, 0.1) is 0 Å². The molecule has 0 saturated carbocycles. The molecule has 1 aliphatic heterocycles. The van der Waals surface area contributed by atoms with Crippen molar-refractivity contribution in [1.82, 2.24) is 5.32 Å². The predicted molar refractivity (Wildman–Crippen MR) is 137 cm³/mol. The highest BCUT2D eigenvalue weighted by molar-refractivity contribution is 8.01. The van der Waals surface area contributed by atoms with Gasteiger partial charge in [0.25, 0.3) is 0 Å². The molecule has 1 fully saturated rings. The van der Waals surface area contributed by atoms with Gasteiger partial charge < -0.3 is 33.7 Å². The standard InChI is InChI=1S/C26H33NO12S/c1-14(28)27-22-20(36-16(3)30)12-26(25(33)34-6,40-19-10-8-7-9-11-19)39-24(22)23(38-18(5)32)21(37-17(4)31)13-35-15(2)29/h7-11,20-24H,12-13H2,1-6H3,(H,27,28)/t20-,21+,22+,23+,24+,26-/m0/s1. The summed E-state index contributed by atoms with van der Waals surface area (Å²) in [6.07, 6.45) is -5.98. The van der Waals surface area contributed by atoms with Gasteiger partial charge in [-0.05, 0) is 12.1 Å². The maximum absolute atomic E-state index is 13.3. The third-order valence-electron chi connectivity index (χ3n) is 5.52. The third kappa shape index (κ3) is 9.23. The van der Waals surface area contributed by atoms with E-state index in [2.05, 4.69) is 5.32 Å². The lowest BCUT2D eigenvalue weighted by Crippen LogP contribution is -2.68. The molecule has 6 atom stereocenters. The van der Waals surface area contributed by atoms with Crippen molar-refractivity contribution in [2.45, 2.75) is 81.3 Å². The van der Waals surface area contributed by atoms with Gasteiger partial charge in [0.15, 0.2) is 12.2 Å². The van der Waals surface area contributed by atoms with Crippen LogP contribution in [-0.2, 0) is 57.2 Å². The molecular formula is C26H33NO12S. The van der Waals surface area contributed by atoms with E-state index in [-0.39, 0.29) is 6.42 Å². The van der Waals surface area contributed by atoms with Gasteiger partial charge in [-0.25, -0.2) is 4.79 Å². The molecule has 1 saturated heterocycles. The number of esters is 5. The van der Waals surface area contributed by atoms with Crippen molar-refractivity contribution >= 4 is 47.5 Å². The zero-order chi connectivity index (χ0) is 30.0. The van der Waals surface area contributed by atoms with Crippen LogP contribution in [0.4, 0.5) is 0 Å². The maximum Gasteiger partial charge on any atom is 0.349 e. The molecule has 0 aromatic heterocycles. The smallest absolute Gasteiger partial charge is 0.349 e. The van der Waals surface area contributed by atoms with Gasteiger partial charge in [-0.2, -0.15) is 0 Å². The van der Waals surface area contributed by atoms with Crippen LogP contribution >= 0.6 is 11.8 Å². The zero-order valence-corrected chi connectivity index (χ0v) is 23.8. The van der Waals surface area contributed by atoms with Crippen LogP contribution in [0.2, 0.25) is 0 Å². The molecule has 1 amide bonds. The minimum atomic E-state index is -1.89. The Bertz CT molecular complexity index is 1100. The molecule has 1 aromatic rings. The molecule has 1 N–H and O–H groups in total. The number of nitrogens with one attached hydrogen (secondary N) is 1. The number of ether oxygens (including phenoxy) is 6. The number of amides is 1. The Kier molecular flexibility index (Phi) is 11.9. The molecule has 220 valence electrons. The summed E-state index contributed by atoms with van der Waals surface area (Å²) in [7, 11) is 1.14. The van der Waals surface area contributed by atoms with Crippen molar-refractivity contribution in [2.24, 2.45) is 0 Å².